The Morgan fingerprint density at radius 3 is 3.19 bits per heavy atom. The highest BCUT2D eigenvalue weighted by molar-refractivity contribution is 5.47. The van der Waals surface area contributed by atoms with Gasteiger partial charge in [-0.25, -0.2) is 0 Å². The number of ether oxygens (including phenoxy) is 1. The summed E-state index contributed by atoms with van der Waals surface area (Å²) in [5, 5.41) is 2.77. The molecule has 0 radical (unpaired) electrons. The number of benzene rings is 1. The van der Waals surface area contributed by atoms with Gasteiger partial charge in [-0.15, -0.1) is 0 Å². The summed E-state index contributed by atoms with van der Waals surface area (Å²) in [5.41, 5.74) is 2.73. The molecular formula is C13H17NO2. The van der Waals surface area contributed by atoms with Crippen molar-refractivity contribution in [1.29, 1.82) is 0 Å². The number of nitrogens with one attached hydrogen (secondary N) is 1. The molecule has 1 aliphatic rings. The number of hydrogen-bond acceptors (Lipinski definition) is 2. The van der Waals surface area contributed by atoms with Crippen LogP contribution in [0.5, 0.6) is 5.75 Å². The number of methoxy groups -OCH3 is 1. The molecule has 2 rings (SSSR count). The number of carbonyl (C=O) groups is 1. The van der Waals surface area contributed by atoms with E-state index in [0.29, 0.717) is 5.92 Å². The van der Waals surface area contributed by atoms with Gasteiger partial charge in [-0.05, 0) is 42.5 Å². The molecule has 0 heterocycles. The first-order valence-corrected chi connectivity index (χ1v) is 5.69. The van der Waals surface area contributed by atoms with Crippen molar-refractivity contribution in [3.8, 4) is 5.75 Å². The fourth-order valence-corrected chi connectivity index (χ4v) is 2.40. The third kappa shape index (κ3) is 2.18. The highest BCUT2D eigenvalue weighted by Crippen LogP contribution is 2.33. The van der Waals surface area contributed by atoms with Gasteiger partial charge in [0.25, 0.3) is 0 Å². The second-order valence-corrected chi connectivity index (χ2v) is 4.18. The third-order valence-electron chi connectivity index (χ3n) is 3.24. The molecule has 0 aromatic heterocycles. The highest BCUT2D eigenvalue weighted by atomic mass is 16.5. The quantitative estimate of drug-likeness (QED) is 0.785. The van der Waals surface area contributed by atoms with E-state index in [1.54, 1.807) is 7.11 Å². The van der Waals surface area contributed by atoms with Gasteiger partial charge in [0.15, 0.2) is 0 Å². The SMILES string of the molecule is COc1ccc2c(c1)[C@@H](CNC=O)CCC2. The summed E-state index contributed by atoms with van der Waals surface area (Å²) in [4.78, 5) is 10.3. The molecule has 1 N–H and O–H groups in total. The van der Waals surface area contributed by atoms with Gasteiger partial charge in [0.2, 0.25) is 6.41 Å². The Balaban J connectivity index is 2.24. The molecule has 1 aliphatic carbocycles. The Morgan fingerprint density at radius 2 is 2.44 bits per heavy atom. The molecule has 1 aromatic rings. The summed E-state index contributed by atoms with van der Waals surface area (Å²) in [6.45, 7) is 0.726. The number of rotatable bonds is 4. The lowest BCUT2D eigenvalue weighted by Gasteiger charge is -2.25. The summed E-state index contributed by atoms with van der Waals surface area (Å²) in [6, 6.07) is 6.25. The summed E-state index contributed by atoms with van der Waals surface area (Å²) >= 11 is 0. The normalized spacial score (nSPS) is 18.7. The van der Waals surface area contributed by atoms with Crippen molar-refractivity contribution >= 4 is 6.41 Å². The molecule has 0 saturated heterocycles. The zero-order chi connectivity index (χ0) is 11.4. The minimum atomic E-state index is 0.434. The van der Waals surface area contributed by atoms with Crippen LogP contribution >= 0.6 is 0 Å². The lowest BCUT2D eigenvalue weighted by molar-refractivity contribution is -0.109. The van der Waals surface area contributed by atoms with Crippen molar-refractivity contribution in [2.24, 2.45) is 0 Å². The maximum absolute atomic E-state index is 10.3. The summed E-state index contributed by atoms with van der Waals surface area (Å²) < 4.78 is 5.24. The maximum Gasteiger partial charge on any atom is 0.207 e. The summed E-state index contributed by atoms with van der Waals surface area (Å²) in [5.74, 6) is 1.33. The van der Waals surface area contributed by atoms with E-state index in [-0.39, 0.29) is 0 Å². The summed E-state index contributed by atoms with van der Waals surface area (Å²) in [6.07, 6.45) is 4.25. The van der Waals surface area contributed by atoms with Gasteiger partial charge in [0.05, 0.1) is 7.11 Å². The molecule has 1 amide bonds. The van der Waals surface area contributed by atoms with Crippen LogP contribution in [0.15, 0.2) is 18.2 Å². The molecule has 0 bridgehead atoms. The predicted octanol–water partition coefficient (Wildman–Crippen LogP) is 1.86. The van der Waals surface area contributed by atoms with Crippen molar-refractivity contribution in [2.45, 2.75) is 25.2 Å². The second kappa shape index (κ2) is 5.01. The zero-order valence-electron chi connectivity index (χ0n) is 9.53. The van der Waals surface area contributed by atoms with Gasteiger partial charge in [-0.1, -0.05) is 6.07 Å². The minimum absolute atomic E-state index is 0.434. The van der Waals surface area contributed by atoms with Crippen molar-refractivity contribution in [3.05, 3.63) is 29.3 Å². The largest absolute Gasteiger partial charge is 0.497 e. The van der Waals surface area contributed by atoms with Crippen molar-refractivity contribution in [2.75, 3.05) is 13.7 Å². The van der Waals surface area contributed by atoms with E-state index in [4.69, 9.17) is 4.74 Å². The number of amides is 1. The topological polar surface area (TPSA) is 38.3 Å². The van der Waals surface area contributed by atoms with E-state index >= 15 is 0 Å². The van der Waals surface area contributed by atoms with Crippen LogP contribution in [0.3, 0.4) is 0 Å². The average molecular weight is 219 g/mol. The molecule has 86 valence electrons. The van der Waals surface area contributed by atoms with Crippen LogP contribution in [0, 0.1) is 0 Å². The fraction of sp³-hybridized carbons (Fsp3) is 0.462. The monoisotopic (exact) mass is 219 g/mol. The van der Waals surface area contributed by atoms with E-state index < -0.39 is 0 Å². The second-order valence-electron chi connectivity index (χ2n) is 4.18. The van der Waals surface area contributed by atoms with E-state index in [0.717, 1.165) is 31.5 Å². The fourth-order valence-electron chi connectivity index (χ4n) is 2.40. The standard InChI is InChI=1S/C13H17NO2/c1-16-12-6-5-10-3-2-4-11(8-14-9-15)13(10)7-12/h5-7,9,11H,2-4,8H2,1H3,(H,14,15)/t11-/m1/s1. The van der Waals surface area contributed by atoms with Crippen LogP contribution in [-0.4, -0.2) is 20.1 Å². The minimum Gasteiger partial charge on any atom is -0.497 e. The van der Waals surface area contributed by atoms with Gasteiger partial charge in [-0.2, -0.15) is 0 Å². The van der Waals surface area contributed by atoms with Crippen molar-refractivity contribution in [3.63, 3.8) is 0 Å². The smallest absolute Gasteiger partial charge is 0.207 e. The molecule has 1 atom stereocenters. The molecular weight excluding hydrogens is 202 g/mol. The van der Waals surface area contributed by atoms with Gasteiger partial charge in [0, 0.05) is 12.5 Å². The Hall–Kier alpha value is -1.51. The maximum atomic E-state index is 10.3. The Kier molecular flexibility index (Phi) is 3.44. The first kappa shape index (κ1) is 11.0. The lowest BCUT2D eigenvalue weighted by Crippen LogP contribution is -2.23. The van der Waals surface area contributed by atoms with E-state index in [1.807, 2.05) is 6.07 Å². The molecule has 1 aromatic carbocycles. The van der Waals surface area contributed by atoms with Crippen LogP contribution in [0.2, 0.25) is 0 Å². The molecule has 3 nitrogen and oxygen atoms in total. The molecule has 0 spiro atoms. The van der Waals surface area contributed by atoms with Gasteiger partial charge < -0.3 is 10.1 Å². The van der Waals surface area contributed by atoms with Crippen molar-refractivity contribution < 1.29 is 9.53 Å². The number of hydrogen-bond donors (Lipinski definition) is 1. The first-order chi connectivity index (χ1) is 7.85. The first-order valence-electron chi connectivity index (χ1n) is 5.69. The van der Waals surface area contributed by atoms with E-state index in [2.05, 4.69) is 17.4 Å². The summed E-state index contributed by atoms with van der Waals surface area (Å²) in [7, 11) is 1.68. The number of aryl methyl sites for hydroxylation is 1. The average Bonchev–Trinajstić information content (AvgIpc) is 2.35. The van der Waals surface area contributed by atoms with E-state index in [9.17, 15) is 4.79 Å². The van der Waals surface area contributed by atoms with Crippen LogP contribution in [0.4, 0.5) is 0 Å². The molecule has 0 unspecified atom stereocenters. The lowest BCUT2D eigenvalue weighted by atomic mass is 9.82. The van der Waals surface area contributed by atoms with Crippen molar-refractivity contribution in [1.82, 2.24) is 5.32 Å². The van der Waals surface area contributed by atoms with Gasteiger partial charge in [-0.3, -0.25) is 4.79 Å². The molecule has 16 heavy (non-hydrogen) atoms. The van der Waals surface area contributed by atoms with Crippen LogP contribution in [0.25, 0.3) is 0 Å². The van der Waals surface area contributed by atoms with Crippen LogP contribution in [0.1, 0.15) is 29.9 Å². The van der Waals surface area contributed by atoms with Gasteiger partial charge in [0.1, 0.15) is 5.75 Å². The Bertz CT molecular complexity index is 376. The predicted molar refractivity (Wildman–Crippen MR) is 62.7 cm³/mol. The van der Waals surface area contributed by atoms with Crippen LogP contribution < -0.4 is 10.1 Å². The molecule has 0 aliphatic heterocycles. The Labute approximate surface area is 95.8 Å². The molecule has 3 heteroatoms. The molecule has 0 fully saturated rings. The zero-order valence-corrected chi connectivity index (χ0v) is 9.53. The Morgan fingerprint density at radius 1 is 1.56 bits per heavy atom. The van der Waals surface area contributed by atoms with E-state index in [1.165, 1.54) is 17.5 Å². The third-order valence-corrected chi connectivity index (χ3v) is 3.24. The molecule has 0 saturated carbocycles. The highest BCUT2D eigenvalue weighted by Gasteiger charge is 2.20. The number of fused-ring (bicyclic) bond motifs is 1. The number of carbonyl (C=O) groups excluding carboxylic acids is 1. The van der Waals surface area contributed by atoms with Crippen LogP contribution in [-0.2, 0) is 11.2 Å². The van der Waals surface area contributed by atoms with Gasteiger partial charge >= 0.3 is 0 Å².